The zero-order valence-electron chi connectivity index (χ0n) is 14.0. The van der Waals surface area contributed by atoms with Gasteiger partial charge in [-0.3, -0.25) is 4.79 Å². The Morgan fingerprint density at radius 2 is 1.95 bits per heavy atom. The van der Waals surface area contributed by atoms with Gasteiger partial charge in [0.25, 0.3) is 5.91 Å². The van der Waals surface area contributed by atoms with E-state index in [1.54, 1.807) is 6.07 Å². The van der Waals surface area contributed by atoms with Gasteiger partial charge in [-0.25, -0.2) is 0 Å². The second-order valence-electron chi connectivity index (χ2n) is 6.80. The van der Waals surface area contributed by atoms with Crippen LogP contribution in [0.2, 0.25) is 0 Å². The minimum absolute atomic E-state index is 0.109. The maximum Gasteiger partial charge on any atom is 0.251 e. The summed E-state index contributed by atoms with van der Waals surface area (Å²) in [7, 11) is 3.89. The van der Waals surface area contributed by atoms with Crippen LogP contribution in [0.5, 0.6) is 0 Å². The van der Waals surface area contributed by atoms with Gasteiger partial charge in [0.05, 0.1) is 6.10 Å². The number of nitrogens with zero attached hydrogens (tertiary/aromatic N) is 1. The van der Waals surface area contributed by atoms with Crippen LogP contribution < -0.4 is 10.2 Å². The Bertz CT molecular complexity index is 481. The molecular formula is C17H28N2O2. The fourth-order valence-corrected chi connectivity index (χ4v) is 2.34. The number of aliphatic hydroxyl groups is 1. The maximum atomic E-state index is 12.2. The van der Waals surface area contributed by atoms with E-state index < -0.39 is 6.10 Å². The fourth-order valence-electron chi connectivity index (χ4n) is 2.34. The highest BCUT2D eigenvalue weighted by Crippen LogP contribution is 2.25. The molecule has 21 heavy (non-hydrogen) atoms. The fraction of sp³-hybridized carbons (Fsp3) is 0.588. The largest absolute Gasteiger partial charge is 0.392 e. The average molecular weight is 292 g/mol. The van der Waals surface area contributed by atoms with Crippen molar-refractivity contribution in [2.45, 2.75) is 33.8 Å². The van der Waals surface area contributed by atoms with Crippen molar-refractivity contribution < 1.29 is 9.90 Å². The second-order valence-corrected chi connectivity index (χ2v) is 6.80. The number of aliphatic hydroxyl groups excluding tert-OH is 1. The van der Waals surface area contributed by atoms with Crippen molar-refractivity contribution in [2.24, 2.45) is 11.3 Å². The number of anilines is 1. The Kier molecular flexibility index (Phi) is 5.78. The Morgan fingerprint density at radius 3 is 2.48 bits per heavy atom. The number of hydrogen-bond acceptors (Lipinski definition) is 3. The van der Waals surface area contributed by atoms with E-state index in [-0.39, 0.29) is 17.2 Å². The first-order chi connectivity index (χ1) is 9.65. The van der Waals surface area contributed by atoms with E-state index in [4.69, 9.17) is 0 Å². The molecule has 0 saturated heterocycles. The summed E-state index contributed by atoms with van der Waals surface area (Å²) >= 11 is 0. The number of hydrogen-bond donors (Lipinski definition) is 2. The van der Waals surface area contributed by atoms with Gasteiger partial charge in [0.1, 0.15) is 0 Å². The molecule has 0 heterocycles. The van der Waals surface area contributed by atoms with Crippen molar-refractivity contribution in [3.63, 3.8) is 0 Å². The molecule has 2 N–H and O–H groups in total. The molecule has 0 aromatic heterocycles. The highest BCUT2D eigenvalue weighted by molar-refractivity contribution is 5.95. The molecule has 0 aliphatic heterocycles. The van der Waals surface area contributed by atoms with Crippen LogP contribution in [0.25, 0.3) is 0 Å². The Morgan fingerprint density at radius 1 is 1.33 bits per heavy atom. The lowest BCUT2D eigenvalue weighted by Crippen LogP contribution is -2.43. The summed E-state index contributed by atoms with van der Waals surface area (Å²) in [5, 5.41) is 13.1. The monoisotopic (exact) mass is 292 g/mol. The van der Waals surface area contributed by atoms with E-state index >= 15 is 0 Å². The molecule has 4 nitrogen and oxygen atoms in total. The first-order valence-corrected chi connectivity index (χ1v) is 7.39. The van der Waals surface area contributed by atoms with Gasteiger partial charge in [0.15, 0.2) is 0 Å². The number of carbonyl (C=O) groups is 1. The van der Waals surface area contributed by atoms with Gasteiger partial charge in [0.2, 0.25) is 0 Å². The molecule has 0 aliphatic carbocycles. The molecule has 1 aromatic rings. The maximum absolute atomic E-state index is 12.2. The lowest BCUT2D eigenvalue weighted by molar-refractivity contribution is 0.0138. The highest BCUT2D eigenvalue weighted by atomic mass is 16.3. The molecule has 1 amide bonds. The molecule has 0 bridgehead atoms. The molecule has 1 rings (SSSR count). The quantitative estimate of drug-likeness (QED) is 0.847. The number of rotatable bonds is 6. The van der Waals surface area contributed by atoms with Crippen LogP contribution in [0, 0.1) is 11.3 Å². The summed E-state index contributed by atoms with van der Waals surface area (Å²) in [5.41, 5.74) is 1.27. The highest BCUT2D eigenvalue weighted by Gasteiger charge is 2.30. The molecule has 0 saturated carbocycles. The Balaban J connectivity index is 2.72. The zero-order valence-corrected chi connectivity index (χ0v) is 14.0. The van der Waals surface area contributed by atoms with Crippen molar-refractivity contribution in [2.75, 3.05) is 25.5 Å². The van der Waals surface area contributed by atoms with E-state index in [1.807, 2.05) is 64.9 Å². The van der Waals surface area contributed by atoms with E-state index in [9.17, 15) is 9.90 Å². The zero-order chi connectivity index (χ0) is 16.2. The van der Waals surface area contributed by atoms with E-state index in [0.717, 1.165) is 5.69 Å². The minimum atomic E-state index is -0.453. The molecule has 1 atom stereocenters. The summed E-state index contributed by atoms with van der Waals surface area (Å²) in [4.78, 5) is 14.2. The average Bonchev–Trinajstić information content (AvgIpc) is 2.43. The standard InChI is InChI=1S/C17H28N2O2/c1-12(2)15(20)17(3,4)11-18-16(21)13-8-7-9-14(10-13)19(5)6/h7-10,12,15,20H,11H2,1-6H3,(H,18,21). The molecule has 118 valence electrons. The van der Waals surface area contributed by atoms with Gasteiger partial charge in [-0.1, -0.05) is 33.8 Å². The van der Waals surface area contributed by atoms with Crippen molar-refractivity contribution in [3.05, 3.63) is 29.8 Å². The van der Waals surface area contributed by atoms with Crippen LogP contribution in [-0.4, -0.2) is 37.8 Å². The molecule has 0 spiro atoms. The molecule has 0 aliphatic rings. The normalized spacial score (nSPS) is 13.1. The van der Waals surface area contributed by atoms with Crippen LogP contribution >= 0.6 is 0 Å². The molecule has 1 aromatic carbocycles. The second kappa shape index (κ2) is 6.94. The SMILES string of the molecule is CC(C)C(O)C(C)(C)CNC(=O)c1cccc(N(C)C)c1. The predicted molar refractivity (Wildman–Crippen MR) is 87.7 cm³/mol. The molecular weight excluding hydrogens is 264 g/mol. The van der Waals surface area contributed by atoms with Crippen molar-refractivity contribution in [1.29, 1.82) is 0 Å². The molecule has 4 heteroatoms. The van der Waals surface area contributed by atoms with Crippen LogP contribution in [0.15, 0.2) is 24.3 Å². The lowest BCUT2D eigenvalue weighted by atomic mass is 9.80. The van der Waals surface area contributed by atoms with Gasteiger partial charge < -0.3 is 15.3 Å². The van der Waals surface area contributed by atoms with Crippen molar-refractivity contribution >= 4 is 11.6 Å². The summed E-state index contributed by atoms with van der Waals surface area (Å²) in [5.74, 6) is 0.0525. The van der Waals surface area contributed by atoms with Gasteiger partial charge in [-0.15, -0.1) is 0 Å². The number of nitrogens with one attached hydrogen (secondary N) is 1. The van der Waals surface area contributed by atoms with Gasteiger partial charge in [-0.2, -0.15) is 0 Å². The van der Waals surface area contributed by atoms with Crippen molar-refractivity contribution in [3.8, 4) is 0 Å². The van der Waals surface area contributed by atoms with E-state index in [1.165, 1.54) is 0 Å². The summed E-state index contributed by atoms with van der Waals surface area (Å²) in [6, 6.07) is 7.50. The first kappa shape index (κ1) is 17.5. The van der Waals surface area contributed by atoms with Gasteiger partial charge >= 0.3 is 0 Å². The van der Waals surface area contributed by atoms with Crippen LogP contribution in [0.1, 0.15) is 38.1 Å². The summed E-state index contributed by atoms with van der Waals surface area (Å²) < 4.78 is 0. The van der Waals surface area contributed by atoms with Gasteiger partial charge in [0, 0.05) is 37.3 Å². The summed E-state index contributed by atoms with van der Waals surface area (Å²) in [6.45, 7) is 8.34. The summed E-state index contributed by atoms with van der Waals surface area (Å²) in [6.07, 6.45) is -0.453. The third kappa shape index (κ3) is 4.74. The smallest absolute Gasteiger partial charge is 0.251 e. The van der Waals surface area contributed by atoms with Crippen LogP contribution in [-0.2, 0) is 0 Å². The van der Waals surface area contributed by atoms with Gasteiger partial charge in [-0.05, 0) is 24.1 Å². The predicted octanol–water partition coefficient (Wildman–Crippen LogP) is 2.53. The minimum Gasteiger partial charge on any atom is -0.392 e. The Labute approximate surface area is 128 Å². The lowest BCUT2D eigenvalue weighted by Gasteiger charge is -2.33. The topological polar surface area (TPSA) is 52.6 Å². The van der Waals surface area contributed by atoms with Crippen molar-refractivity contribution in [1.82, 2.24) is 5.32 Å². The Hall–Kier alpha value is -1.55. The first-order valence-electron chi connectivity index (χ1n) is 7.39. The third-order valence-corrected chi connectivity index (χ3v) is 3.76. The number of benzene rings is 1. The van der Waals surface area contributed by atoms with Crippen LogP contribution in [0.3, 0.4) is 0 Å². The van der Waals surface area contributed by atoms with Crippen LogP contribution in [0.4, 0.5) is 5.69 Å². The molecule has 0 fully saturated rings. The third-order valence-electron chi connectivity index (χ3n) is 3.76. The number of carbonyl (C=O) groups excluding carboxylic acids is 1. The van der Waals surface area contributed by atoms with E-state index in [0.29, 0.717) is 12.1 Å². The van der Waals surface area contributed by atoms with E-state index in [2.05, 4.69) is 5.32 Å². The molecule has 1 unspecified atom stereocenters. The number of amides is 1. The molecule has 0 radical (unpaired) electrons.